The molecule has 4 nitrogen and oxygen atoms in total. The molecule has 0 saturated carbocycles. The number of aromatic nitrogens is 1. The Morgan fingerprint density at radius 2 is 2.60 bits per heavy atom. The van der Waals surface area contributed by atoms with Gasteiger partial charge in [0.05, 0.1) is 0 Å². The van der Waals surface area contributed by atoms with Crippen molar-refractivity contribution in [1.82, 2.24) is 10.4 Å². The van der Waals surface area contributed by atoms with Gasteiger partial charge in [0.2, 0.25) is 0 Å². The van der Waals surface area contributed by atoms with Gasteiger partial charge in [-0.1, -0.05) is 0 Å². The number of nitrogens with zero attached hydrogens (tertiary/aromatic N) is 1. The number of hydrogen-bond donors (Lipinski definition) is 2. The van der Waals surface area contributed by atoms with Crippen LogP contribution in [0.5, 0.6) is 0 Å². The molecule has 0 aliphatic carbocycles. The van der Waals surface area contributed by atoms with E-state index in [-0.39, 0.29) is 5.01 Å². The Labute approximate surface area is 62.8 Å². The van der Waals surface area contributed by atoms with Gasteiger partial charge in [-0.15, -0.1) is 11.3 Å². The first-order valence-corrected chi connectivity index (χ1v) is 3.34. The van der Waals surface area contributed by atoms with Crippen molar-refractivity contribution in [1.29, 1.82) is 0 Å². The smallest absolute Gasteiger partial charge is 0.288 e. The van der Waals surface area contributed by atoms with Gasteiger partial charge in [-0.05, 0) is 5.59 Å². The average molecular weight is 153 g/mol. The van der Waals surface area contributed by atoms with Crippen molar-refractivity contribution in [3.05, 3.63) is 10.4 Å². The summed E-state index contributed by atoms with van der Waals surface area (Å²) >= 11 is 1.15. The quantitative estimate of drug-likeness (QED) is 0.224. The first-order chi connectivity index (χ1) is 4.74. The Morgan fingerprint density at radius 1 is 1.90 bits per heavy atom. The minimum absolute atomic E-state index is 0.278. The summed E-state index contributed by atoms with van der Waals surface area (Å²) in [5, 5.41) is 1.85. The number of nitrogens with one attached hydrogen (secondary N) is 1. The molecule has 0 aliphatic heterocycles. The van der Waals surface area contributed by atoms with Crippen LogP contribution in [0, 0.1) is 0 Å². The second-order valence-electron chi connectivity index (χ2n) is 1.55. The molecule has 1 rings (SSSR count). The maximum absolute atomic E-state index is 10.7. The minimum atomic E-state index is -0.415. The van der Waals surface area contributed by atoms with Crippen molar-refractivity contribution in [2.24, 2.45) is 5.84 Å². The summed E-state index contributed by atoms with van der Waals surface area (Å²) < 4.78 is 0. The van der Waals surface area contributed by atoms with Gasteiger partial charge in [-0.25, -0.2) is 10.8 Å². The fourth-order valence-corrected chi connectivity index (χ4v) is 1.06. The molecule has 2 radical (unpaired) electrons. The molecule has 0 bridgehead atoms. The van der Waals surface area contributed by atoms with Gasteiger partial charge >= 0.3 is 0 Å². The number of nitrogen functional groups attached to an aromatic ring is 1. The Balaban J connectivity index is 2.85. The molecule has 50 valence electrons. The Morgan fingerprint density at radius 3 is 3.00 bits per heavy atom. The van der Waals surface area contributed by atoms with Crippen LogP contribution in [0.4, 0.5) is 0 Å². The molecule has 1 aromatic rings. The number of thiazole rings is 1. The van der Waals surface area contributed by atoms with E-state index in [9.17, 15) is 4.79 Å². The second-order valence-corrected chi connectivity index (χ2v) is 2.41. The fourth-order valence-electron chi connectivity index (χ4n) is 0.452. The number of hydrazine groups is 1. The zero-order chi connectivity index (χ0) is 7.56. The molecule has 0 fully saturated rings. The van der Waals surface area contributed by atoms with Crippen molar-refractivity contribution in [2.45, 2.75) is 0 Å². The molecule has 3 N–H and O–H groups in total. The molecule has 0 aromatic carbocycles. The first-order valence-electron chi connectivity index (χ1n) is 2.46. The van der Waals surface area contributed by atoms with E-state index in [1.54, 1.807) is 5.38 Å². The van der Waals surface area contributed by atoms with E-state index in [0.29, 0.717) is 5.59 Å². The molecular formula is C4H4BN3OS. The van der Waals surface area contributed by atoms with E-state index < -0.39 is 5.91 Å². The highest BCUT2D eigenvalue weighted by molar-refractivity contribution is 7.12. The summed E-state index contributed by atoms with van der Waals surface area (Å²) in [7, 11) is 5.25. The van der Waals surface area contributed by atoms with Crippen molar-refractivity contribution < 1.29 is 4.79 Å². The summed E-state index contributed by atoms with van der Waals surface area (Å²) in [6.07, 6.45) is 0. The molecule has 0 spiro atoms. The molecule has 10 heavy (non-hydrogen) atoms. The van der Waals surface area contributed by atoms with Gasteiger partial charge in [0.25, 0.3) is 5.91 Å². The van der Waals surface area contributed by atoms with Crippen LogP contribution >= 0.6 is 11.3 Å². The summed E-state index contributed by atoms with van der Waals surface area (Å²) in [5.41, 5.74) is 2.28. The molecule has 0 saturated heterocycles. The number of carbonyl (C=O) groups is 1. The lowest BCUT2D eigenvalue weighted by Gasteiger charge is -1.89. The number of carbonyl (C=O) groups excluding carboxylic acids is 1. The maximum atomic E-state index is 10.7. The van der Waals surface area contributed by atoms with E-state index in [2.05, 4.69) is 4.98 Å². The monoisotopic (exact) mass is 153 g/mol. The lowest BCUT2D eigenvalue weighted by atomic mass is 10.1. The molecular weight excluding hydrogens is 149 g/mol. The van der Waals surface area contributed by atoms with Crippen LogP contribution in [0.15, 0.2) is 5.38 Å². The zero-order valence-electron chi connectivity index (χ0n) is 5.00. The van der Waals surface area contributed by atoms with E-state index in [0.717, 1.165) is 11.3 Å². The molecule has 6 heteroatoms. The number of amides is 1. The van der Waals surface area contributed by atoms with E-state index in [1.165, 1.54) is 0 Å². The summed E-state index contributed by atoms with van der Waals surface area (Å²) in [6, 6.07) is 0. The second kappa shape index (κ2) is 2.81. The van der Waals surface area contributed by atoms with Crippen LogP contribution in [-0.4, -0.2) is 18.7 Å². The van der Waals surface area contributed by atoms with Crippen LogP contribution in [0.25, 0.3) is 0 Å². The van der Waals surface area contributed by atoms with Gasteiger partial charge in [-0.3, -0.25) is 10.2 Å². The lowest BCUT2D eigenvalue weighted by molar-refractivity contribution is 0.0953. The van der Waals surface area contributed by atoms with Crippen LogP contribution in [0.3, 0.4) is 0 Å². The predicted octanol–water partition coefficient (Wildman–Crippen LogP) is -1.46. The SMILES string of the molecule is [B]c1csc(C(=O)NN)n1. The number of hydrogen-bond acceptors (Lipinski definition) is 4. The Kier molecular flexibility index (Phi) is 2.03. The van der Waals surface area contributed by atoms with E-state index in [4.69, 9.17) is 13.7 Å². The number of rotatable bonds is 1. The normalized spacial score (nSPS) is 9.30. The van der Waals surface area contributed by atoms with Gasteiger partial charge in [0.1, 0.15) is 7.85 Å². The highest BCUT2D eigenvalue weighted by atomic mass is 32.1. The average Bonchev–Trinajstić information content (AvgIpc) is 2.34. The number of nitrogens with two attached hydrogens (primary N) is 1. The highest BCUT2D eigenvalue weighted by Crippen LogP contribution is 1.99. The van der Waals surface area contributed by atoms with Crippen LogP contribution in [0.2, 0.25) is 0 Å². The molecule has 0 unspecified atom stereocenters. The summed E-state index contributed by atoms with van der Waals surface area (Å²) in [6.45, 7) is 0. The van der Waals surface area contributed by atoms with E-state index in [1.807, 2.05) is 5.43 Å². The van der Waals surface area contributed by atoms with Gasteiger partial charge in [-0.2, -0.15) is 0 Å². The first kappa shape index (κ1) is 7.23. The third kappa shape index (κ3) is 1.34. The van der Waals surface area contributed by atoms with Crippen LogP contribution < -0.4 is 16.9 Å². The molecule has 1 aromatic heterocycles. The largest absolute Gasteiger partial charge is 0.294 e. The fraction of sp³-hybridized carbons (Fsp3) is 0. The van der Waals surface area contributed by atoms with E-state index >= 15 is 0 Å². The third-order valence-corrected chi connectivity index (χ3v) is 1.71. The summed E-state index contributed by atoms with van der Waals surface area (Å²) in [5.74, 6) is 4.42. The zero-order valence-corrected chi connectivity index (χ0v) is 5.81. The van der Waals surface area contributed by atoms with Crippen molar-refractivity contribution in [2.75, 3.05) is 0 Å². The van der Waals surface area contributed by atoms with Crippen LogP contribution in [-0.2, 0) is 0 Å². The van der Waals surface area contributed by atoms with Crippen molar-refractivity contribution in [3.63, 3.8) is 0 Å². The Bertz CT molecular complexity index is 248. The molecule has 0 atom stereocenters. The molecule has 1 amide bonds. The molecule has 1 heterocycles. The van der Waals surface area contributed by atoms with Gasteiger partial charge < -0.3 is 0 Å². The van der Waals surface area contributed by atoms with Gasteiger partial charge in [0.15, 0.2) is 5.01 Å². The van der Waals surface area contributed by atoms with Crippen molar-refractivity contribution >= 4 is 30.7 Å². The topological polar surface area (TPSA) is 68.0 Å². The lowest BCUT2D eigenvalue weighted by Crippen LogP contribution is -2.30. The van der Waals surface area contributed by atoms with Gasteiger partial charge in [0, 0.05) is 5.38 Å². The van der Waals surface area contributed by atoms with Crippen molar-refractivity contribution in [3.8, 4) is 0 Å². The minimum Gasteiger partial charge on any atom is -0.288 e. The highest BCUT2D eigenvalue weighted by Gasteiger charge is 2.05. The standard InChI is InChI=1S/C4H4BN3OS/c5-2-1-10-4(7-2)3(9)8-6/h1H,6H2,(H,8,9). The van der Waals surface area contributed by atoms with Crippen LogP contribution in [0.1, 0.15) is 9.80 Å². The summed E-state index contributed by atoms with van der Waals surface area (Å²) in [4.78, 5) is 14.4. The molecule has 0 aliphatic rings. The maximum Gasteiger partial charge on any atom is 0.294 e. The predicted molar refractivity (Wildman–Crippen MR) is 39.2 cm³/mol. The Hall–Kier alpha value is -0.875. The third-order valence-electron chi connectivity index (χ3n) is 0.847.